The second-order valence-corrected chi connectivity index (χ2v) is 3.77. The Kier molecular flexibility index (Phi) is 3.56. The molecule has 2 aromatic rings. The van der Waals surface area contributed by atoms with Gasteiger partial charge >= 0.3 is 0 Å². The molecule has 1 aromatic carbocycles. The van der Waals surface area contributed by atoms with Crippen molar-refractivity contribution in [3.05, 3.63) is 52.9 Å². The first kappa shape index (κ1) is 11.8. The maximum Gasteiger partial charge on any atom is 0.238 e. The van der Waals surface area contributed by atoms with E-state index in [4.69, 9.17) is 22.1 Å². The van der Waals surface area contributed by atoms with Crippen LogP contribution in [0.3, 0.4) is 0 Å². The van der Waals surface area contributed by atoms with Crippen LogP contribution >= 0.6 is 11.6 Å². The molecule has 0 radical (unpaired) electrons. The summed E-state index contributed by atoms with van der Waals surface area (Å²) in [6, 6.07) is 7.81. The Balaban J connectivity index is 2.28. The van der Waals surface area contributed by atoms with E-state index in [1.54, 1.807) is 18.2 Å². The van der Waals surface area contributed by atoms with Crippen molar-refractivity contribution in [1.82, 2.24) is 4.98 Å². The first-order valence-electron chi connectivity index (χ1n) is 4.97. The summed E-state index contributed by atoms with van der Waals surface area (Å²) in [4.78, 5) is 3.91. The van der Waals surface area contributed by atoms with Crippen molar-refractivity contribution in [2.24, 2.45) is 5.73 Å². The third kappa shape index (κ3) is 2.72. The van der Waals surface area contributed by atoms with E-state index in [2.05, 4.69) is 4.98 Å². The normalized spacial score (nSPS) is 10.3. The number of ether oxygens (including phenoxy) is 1. The summed E-state index contributed by atoms with van der Waals surface area (Å²) in [5.41, 5.74) is 6.10. The van der Waals surface area contributed by atoms with E-state index in [0.29, 0.717) is 10.6 Å². The van der Waals surface area contributed by atoms with Gasteiger partial charge in [-0.05, 0) is 29.8 Å². The van der Waals surface area contributed by atoms with E-state index in [1.165, 1.54) is 18.3 Å². The zero-order valence-corrected chi connectivity index (χ0v) is 9.62. The smallest absolute Gasteiger partial charge is 0.238 e. The lowest BCUT2D eigenvalue weighted by atomic mass is 10.2. The van der Waals surface area contributed by atoms with Crippen LogP contribution in [0.1, 0.15) is 5.56 Å². The van der Waals surface area contributed by atoms with Crippen LogP contribution in [-0.4, -0.2) is 4.98 Å². The molecule has 0 aliphatic rings. The first-order chi connectivity index (χ1) is 8.20. The minimum Gasteiger partial charge on any atom is -0.434 e. The number of pyridine rings is 1. The summed E-state index contributed by atoms with van der Waals surface area (Å²) < 4.78 is 18.9. The summed E-state index contributed by atoms with van der Waals surface area (Å²) in [6.45, 7) is 0.279. The molecule has 0 aliphatic carbocycles. The van der Waals surface area contributed by atoms with Gasteiger partial charge in [0.25, 0.3) is 0 Å². The lowest BCUT2D eigenvalue weighted by Crippen LogP contribution is -1.98. The third-order valence-corrected chi connectivity index (χ3v) is 2.45. The fraction of sp³-hybridized carbons (Fsp3) is 0.0833. The molecule has 0 unspecified atom stereocenters. The molecule has 0 saturated carbocycles. The number of hydrogen-bond donors (Lipinski definition) is 1. The Morgan fingerprint density at radius 2 is 2.18 bits per heavy atom. The van der Waals surface area contributed by atoms with Gasteiger partial charge in [0, 0.05) is 12.7 Å². The molecule has 17 heavy (non-hydrogen) atoms. The van der Waals surface area contributed by atoms with Gasteiger partial charge in [0.15, 0.2) is 11.6 Å². The number of hydrogen-bond acceptors (Lipinski definition) is 3. The Hall–Kier alpha value is -1.65. The molecule has 2 N–H and O–H groups in total. The predicted octanol–water partition coefficient (Wildman–Crippen LogP) is 3.13. The van der Waals surface area contributed by atoms with Crippen molar-refractivity contribution in [3.8, 4) is 11.6 Å². The van der Waals surface area contributed by atoms with E-state index < -0.39 is 5.82 Å². The largest absolute Gasteiger partial charge is 0.434 e. The van der Waals surface area contributed by atoms with Crippen LogP contribution in [0, 0.1) is 5.82 Å². The summed E-state index contributed by atoms with van der Waals surface area (Å²) in [7, 11) is 0. The highest BCUT2D eigenvalue weighted by Gasteiger charge is 2.08. The van der Waals surface area contributed by atoms with Gasteiger partial charge in [-0.3, -0.25) is 0 Å². The number of benzene rings is 1. The summed E-state index contributed by atoms with van der Waals surface area (Å²) in [5.74, 6) is -0.244. The van der Waals surface area contributed by atoms with E-state index in [1.807, 2.05) is 0 Å². The molecule has 3 nitrogen and oxygen atoms in total. The molecule has 0 bridgehead atoms. The molecule has 2 rings (SSSR count). The second kappa shape index (κ2) is 5.12. The lowest BCUT2D eigenvalue weighted by molar-refractivity contribution is 0.427. The topological polar surface area (TPSA) is 48.1 Å². The maximum atomic E-state index is 13.6. The Morgan fingerprint density at radius 3 is 2.82 bits per heavy atom. The molecule has 88 valence electrons. The van der Waals surface area contributed by atoms with Crippen molar-refractivity contribution in [3.63, 3.8) is 0 Å². The fourth-order valence-corrected chi connectivity index (χ4v) is 1.46. The average molecular weight is 253 g/mol. The van der Waals surface area contributed by atoms with Gasteiger partial charge in [-0.15, -0.1) is 0 Å². The maximum absolute atomic E-state index is 13.6. The summed E-state index contributed by atoms with van der Waals surface area (Å²) >= 11 is 5.86. The van der Waals surface area contributed by atoms with Crippen LogP contribution in [0.15, 0.2) is 36.5 Å². The van der Waals surface area contributed by atoms with Crippen LogP contribution in [0.5, 0.6) is 11.6 Å². The van der Waals surface area contributed by atoms with Crippen molar-refractivity contribution in [2.45, 2.75) is 6.54 Å². The van der Waals surface area contributed by atoms with E-state index >= 15 is 0 Å². The van der Waals surface area contributed by atoms with Gasteiger partial charge in [0.05, 0.1) is 0 Å². The van der Waals surface area contributed by atoms with Gasteiger partial charge < -0.3 is 10.5 Å². The highest BCUT2D eigenvalue weighted by Crippen LogP contribution is 2.28. The minimum absolute atomic E-state index is 0.0720. The molecule has 1 aromatic heterocycles. The molecular weight excluding hydrogens is 243 g/mol. The van der Waals surface area contributed by atoms with Gasteiger partial charge in [0.1, 0.15) is 5.02 Å². The Labute approximate surface area is 103 Å². The molecule has 5 heteroatoms. The van der Waals surface area contributed by atoms with Crippen molar-refractivity contribution in [2.75, 3.05) is 0 Å². The van der Waals surface area contributed by atoms with Crippen LogP contribution < -0.4 is 10.5 Å². The van der Waals surface area contributed by atoms with Crippen molar-refractivity contribution < 1.29 is 9.13 Å². The molecule has 0 amide bonds. The molecule has 0 fully saturated rings. The number of nitrogens with zero attached hydrogens (tertiary/aromatic N) is 1. The van der Waals surface area contributed by atoms with Crippen molar-refractivity contribution in [1.29, 1.82) is 0 Å². The third-order valence-electron chi connectivity index (χ3n) is 2.16. The zero-order valence-electron chi connectivity index (χ0n) is 8.86. The van der Waals surface area contributed by atoms with Crippen LogP contribution in [0.2, 0.25) is 5.02 Å². The molecule has 1 heterocycles. The van der Waals surface area contributed by atoms with Crippen LogP contribution in [0.25, 0.3) is 0 Å². The molecule has 0 aliphatic heterocycles. The lowest BCUT2D eigenvalue weighted by Gasteiger charge is -2.07. The Bertz CT molecular complexity index is 534. The highest BCUT2D eigenvalue weighted by molar-refractivity contribution is 6.31. The van der Waals surface area contributed by atoms with Crippen LogP contribution in [0.4, 0.5) is 4.39 Å². The van der Waals surface area contributed by atoms with Gasteiger partial charge in [-0.2, -0.15) is 0 Å². The second-order valence-electron chi connectivity index (χ2n) is 3.36. The van der Waals surface area contributed by atoms with Gasteiger partial charge in [-0.1, -0.05) is 17.7 Å². The van der Waals surface area contributed by atoms with E-state index in [9.17, 15) is 4.39 Å². The van der Waals surface area contributed by atoms with Crippen molar-refractivity contribution >= 4 is 11.6 Å². The molecule has 0 atom stereocenters. The quantitative estimate of drug-likeness (QED) is 0.913. The fourth-order valence-electron chi connectivity index (χ4n) is 1.30. The standard InChI is InChI=1S/C12H10ClFN2O/c13-9-2-1-5-16-12(9)17-11-4-3-8(7-15)6-10(11)14/h1-6H,7,15H2. The van der Waals surface area contributed by atoms with Crippen LogP contribution in [-0.2, 0) is 6.54 Å². The molecular formula is C12H10ClFN2O. The zero-order chi connectivity index (χ0) is 12.3. The Morgan fingerprint density at radius 1 is 1.35 bits per heavy atom. The average Bonchev–Trinajstić information content (AvgIpc) is 2.34. The molecule has 0 spiro atoms. The molecule has 0 saturated heterocycles. The first-order valence-corrected chi connectivity index (χ1v) is 5.35. The summed E-state index contributed by atoms with van der Waals surface area (Å²) in [6.07, 6.45) is 1.52. The highest BCUT2D eigenvalue weighted by atomic mass is 35.5. The minimum atomic E-state index is -0.491. The van der Waals surface area contributed by atoms with E-state index in [0.717, 1.165) is 0 Å². The van der Waals surface area contributed by atoms with Gasteiger partial charge in [-0.25, -0.2) is 9.37 Å². The summed E-state index contributed by atoms with van der Waals surface area (Å²) in [5, 5.41) is 0.329. The van der Waals surface area contributed by atoms with Gasteiger partial charge in [0.2, 0.25) is 5.88 Å². The number of aromatic nitrogens is 1. The number of halogens is 2. The number of nitrogens with two attached hydrogens (primary N) is 1. The predicted molar refractivity (Wildman–Crippen MR) is 63.6 cm³/mol. The van der Waals surface area contributed by atoms with E-state index in [-0.39, 0.29) is 18.2 Å². The number of rotatable bonds is 3. The SMILES string of the molecule is NCc1ccc(Oc2ncccc2Cl)c(F)c1. The monoisotopic (exact) mass is 252 g/mol.